The highest BCUT2D eigenvalue weighted by molar-refractivity contribution is 5.23. The zero-order chi connectivity index (χ0) is 8.36. The minimum Gasteiger partial charge on any atom is -0.0656 e. The fraction of sp³-hybridized carbons (Fsp3) is 0.273. The van der Waals surface area contributed by atoms with Crippen LogP contribution < -0.4 is 0 Å². The van der Waals surface area contributed by atoms with Crippen LogP contribution in [0.5, 0.6) is 0 Å². The normalized spacial score (nSPS) is 13.3. The lowest BCUT2D eigenvalue weighted by Crippen LogP contribution is -1.55. The van der Waals surface area contributed by atoms with Crippen LogP contribution in [0, 0.1) is 0 Å². The molecule has 0 saturated carbocycles. The highest BCUT2D eigenvalue weighted by atomic mass is 13.7. The molecule has 0 aromatic carbocycles. The average molecular weight is 148 g/mol. The van der Waals surface area contributed by atoms with Gasteiger partial charge in [0.2, 0.25) is 0 Å². The Kier molecular flexibility index (Phi) is 8.11. The maximum Gasteiger partial charge on any atom is -0.0590 e. The van der Waals surface area contributed by atoms with E-state index in [1.807, 2.05) is 48.6 Å². The standard InChI is InChI=1S/C8H8.C3H8/c1-2-4-6-8-7-5-3-1;1-3-2/h1-8H;3H2,1-2H3. The summed E-state index contributed by atoms with van der Waals surface area (Å²) in [6.07, 6.45) is 17.2. The Morgan fingerprint density at radius 2 is 0.636 bits per heavy atom. The zero-order valence-corrected chi connectivity index (χ0v) is 7.33. The Bertz CT molecular complexity index is 112. The number of allylic oxidation sites excluding steroid dienone is 8. The third-order valence-electron chi connectivity index (χ3n) is 0.889. The first-order chi connectivity index (χ1) is 5.41. The van der Waals surface area contributed by atoms with Crippen LogP contribution in [0.1, 0.15) is 20.3 Å². The second-order valence-corrected chi connectivity index (χ2v) is 2.25. The molecule has 0 heteroatoms. The molecule has 0 spiro atoms. The molecule has 0 atom stereocenters. The molecule has 0 amide bonds. The van der Waals surface area contributed by atoms with Gasteiger partial charge in [0.1, 0.15) is 0 Å². The second-order valence-electron chi connectivity index (χ2n) is 2.25. The van der Waals surface area contributed by atoms with Crippen molar-refractivity contribution in [3.05, 3.63) is 48.6 Å². The molecule has 0 fully saturated rings. The monoisotopic (exact) mass is 148 g/mol. The van der Waals surface area contributed by atoms with Crippen molar-refractivity contribution in [2.75, 3.05) is 0 Å². The van der Waals surface area contributed by atoms with Crippen LogP contribution in [0.2, 0.25) is 0 Å². The maximum absolute atomic E-state index is 2.12. The second kappa shape index (κ2) is 8.96. The lowest BCUT2D eigenvalue weighted by Gasteiger charge is -1.77. The first-order valence-electron chi connectivity index (χ1n) is 4.08. The molecule has 0 aliphatic heterocycles. The molecule has 60 valence electrons. The van der Waals surface area contributed by atoms with E-state index in [1.165, 1.54) is 6.42 Å². The van der Waals surface area contributed by atoms with E-state index in [2.05, 4.69) is 13.8 Å². The number of hydrogen-bond donors (Lipinski definition) is 0. The summed E-state index contributed by atoms with van der Waals surface area (Å²) >= 11 is 0. The van der Waals surface area contributed by atoms with E-state index in [1.54, 1.807) is 0 Å². The smallest absolute Gasteiger partial charge is 0.0590 e. The van der Waals surface area contributed by atoms with Crippen molar-refractivity contribution in [2.45, 2.75) is 20.3 Å². The Morgan fingerprint density at radius 1 is 0.545 bits per heavy atom. The Labute approximate surface area is 69.6 Å². The first kappa shape index (κ1) is 9.96. The van der Waals surface area contributed by atoms with Crippen molar-refractivity contribution in [3.8, 4) is 0 Å². The van der Waals surface area contributed by atoms with Crippen molar-refractivity contribution in [3.63, 3.8) is 0 Å². The highest BCUT2D eigenvalue weighted by Gasteiger charge is 1.65. The molecule has 0 radical (unpaired) electrons. The van der Waals surface area contributed by atoms with Gasteiger partial charge in [0, 0.05) is 0 Å². The van der Waals surface area contributed by atoms with E-state index in [-0.39, 0.29) is 0 Å². The molecule has 11 heavy (non-hydrogen) atoms. The fourth-order valence-corrected chi connectivity index (χ4v) is 0.513. The number of hydrogen-bond acceptors (Lipinski definition) is 0. The van der Waals surface area contributed by atoms with Crippen LogP contribution in [0.4, 0.5) is 0 Å². The lowest BCUT2D eigenvalue weighted by molar-refractivity contribution is 1.09. The van der Waals surface area contributed by atoms with E-state index in [4.69, 9.17) is 0 Å². The summed E-state index contributed by atoms with van der Waals surface area (Å²) in [4.78, 5) is 0. The van der Waals surface area contributed by atoms with E-state index < -0.39 is 0 Å². The van der Waals surface area contributed by atoms with Crippen LogP contribution in [-0.2, 0) is 0 Å². The van der Waals surface area contributed by atoms with Gasteiger partial charge < -0.3 is 0 Å². The van der Waals surface area contributed by atoms with Crippen molar-refractivity contribution in [2.24, 2.45) is 0 Å². The number of rotatable bonds is 0. The van der Waals surface area contributed by atoms with Gasteiger partial charge in [0.15, 0.2) is 0 Å². The van der Waals surface area contributed by atoms with Crippen LogP contribution in [0.15, 0.2) is 48.6 Å². The summed E-state index contributed by atoms with van der Waals surface area (Å²) in [6.45, 7) is 4.25. The highest BCUT2D eigenvalue weighted by Crippen LogP contribution is 1.87. The molecular formula is C11H16. The predicted octanol–water partition coefficient (Wildman–Crippen LogP) is 3.64. The molecule has 1 aliphatic rings. The SMILES string of the molecule is C1=CC=CC=CC=C1.CCC. The summed E-state index contributed by atoms with van der Waals surface area (Å²) in [5, 5.41) is 0. The van der Waals surface area contributed by atoms with Gasteiger partial charge in [-0.15, -0.1) is 0 Å². The van der Waals surface area contributed by atoms with Crippen molar-refractivity contribution < 1.29 is 0 Å². The maximum atomic E-state index is 2.12. The van der Waals surface area contributed by atoms with Gasteiger partial charge in [-0.3, -0.25) is 0 Å². The molecule has 0 bridgehead atoms. The summed E-state index contributed by atoms with van der Waals surface area (Å²) in [5.41, 5.74) is 0. The van der Waals surface area contributed by atoms with E-state index >= 15 is 0 Å². The molecule has 0 N–H and O–H groups in total. The summed E-state index contributed by atoms with van der Waals surface area (Å²) in [5.74, 6) is 0. The first-order valence-corrected chi connectivity index (χ1v) is 4.08. The van der Waals surface area contributed by atoms with Crippen molar-refractivity contribution >= 4 is 0 Å². The van der Waals surface area contributed by atoms with Crippen LogP contribution in [0.3, 0.4) is 0 Å². The third-order valence-corrected chi connectivity index (χ3v) is 0.889. The Hall–Kier alpha value is -1.04. The third kappa shape index (κ3) is 8.96. The molecule has 1 aliphatic carbocycles. The summed E-state index contributed by atoms with van der Waals surface area (Å²) in [6, 6.07) is 0. The van der Waals surface area contributed by atoms with Gasteiger partial charge in [-0.25, -0.2) is 0 Å². The topological polar surface area (TPSA) is 0 Å². The summed E-state index contributed by atoms with van der Waals surface area (Å²) in [7, 11) is 0. The van der Waals surface area contributed by atoms with Gasteiger partial charge in [-0.1, -0.05) is 68.9 Å². The van der Waals surface area contributed by atoms with E-state index in [0.29, 0.717) is 0 Å². The lowest BCUT2D eigenvalue weighted by atomic mass is 10.3. The summed E-state index contributed by atoms with van der Waals surface area (Å²) < 4.78 is 0. The molecular weight excluding hydrogens is 132 g/mol. The van der Waals surface area contributed by atoms with E-state index in [9.17, 15) is 0 Å². The molecule has 0 heterocycles. The zero-order valence-electron chi connectivity index (χ0n) is 7.33. The van der Waals surface area contributed by atoms with Crippen molar-refractivity contribution in [1.29, 1.82) is 0 Å². The quantitative estimate of drug-likeness (QED) is 0.492. The van der Waals surface area contributed by atoms with Crippen LogP contribution in [-0.4, -0.2) is 0 Å². The average Bonchev–Trinajstić information content (AvgIpc) is 1.86. The van der Waals surface area contributed by atoms with Gasteiger partial charge in [-0.2, -0.15) is 0 Å². The Morgan fingerprint density at radius 3 is 0.727 bits per heavy atom. The Balaban J connectivity index is 0.000000292. The molecule has 1 rings (SSSR count). The van der Waals surface area contributed by atoms with Gasteiger partial charge in [0.25, 0.3) is 0 Å². The van der Waals surface area contributed by atoms with Gasteiger partial charge in [-0.05, 0) is 0 Å². The predicted molar refractivity (Wildman–Crippen MR) is 52.5 cm³/mol. The largest absolute Gasteiger partial charge is 0.0656 e. The molecule has 0 saturated heterocycles. The van der Waals surface area contributed by atoms with Crippen molar-refractivity contribution in [1.82, 2.24) is 0 Å². The van der Waals surface area contributed by atoms with E-state index in [0.717, 1.165) is 0 Å². The molecule has 0 nitrogen and oxygen atoms in total. The fourth-order valence-electron chi connectivity index (χ4n) is 0.513. The van der Waals surface area contributed by atoms with Gasteiger partial charge in [0.05, 0.1) is 0 Å². The minimum atomic E-state index is 1.25. The molecule has 0 aromatic rings. The van der Waals surface area contributed by atoms with Crippen LogP contribution in [0.25, 0.3) is 0 Å². The van der Waals surface area contributed by atoms with Gasteiger partial charge >= 0.3 is 0 Å². The molecule has 0 aromatic heterocycles. The van der Waals surface area contributed by atoms with Crippen LogP contribution >= 0.6 is 0 Å². The molecule has 0 unspecified atom stereocenters. The minimum absolute atomic E-state index is 1.25.